The van der Waals surface area contributed by atoms with Gasteiger partial charge in [0.05, 0.1) is 25.0 Å². The van der Waals surface area contributed by atoms with E-state index >= 15 is 0 Å². The van der Waals surface area contributed by atoms with E-state index in [1.165, 1.54) is 30.5 Å². The zero-order valence-corrected chi connectivity index (χ0v) is 15.3. The molecular formula is C17H22FN3O3S. The quantitative estimate of drug-likeness (QED) is 0.812. The largest absolute Gasteiger partial charge is 0.379 e. The van der Waals surface area contributed by atoms with Gasteiger partial charge in [-0.3, -0.25) is 0 Å². The van der Waals surface area contributed by atoms with Gasteiger partial charge in [-0.1, -0.05) is 0 Å². The molecule has 1 fully saturated rings. The summed E-state index contributed by atoms with van der Waals surface area (Å²) in [5.74, 6) is 0.255. The van der Waals surface area contributed by atoms with Crippen LogP contribution in [-0.2, 0) is 14.8 Å². The summed E-state index contributed by atoms with van der Waals surface area (Å²) in [5, 5.41) is 0. The SMILES string of the molecule is Cc1cc(F)ccc1-c1nccn1[C@@H]1COC[C@H]1CS(=O)(=O)N(C)C. The van der Waals surface area contributed by atoms with Crippen molar-refractivity contribution in [1.82, 2.24) is 13.9 Å². The minimum atomic E-state index is -3.33. The first-order valence-corrected chi connectivity index (χ1v) is 9.68. The van der Waals surface area contributed by atoms with Crippen molar-refractivity contribution < 1.29 is 17.5 Å². The van der Waals surface area contributed by atoms with Gasteiger partial charge in [0, 0.05) is 38.0 Å². The Hall–Kier alpha value is -1.77. The molecule has 0 radical (unpaired) electrons. The van der Waals surface area contributed by atoms with E-state index in [1.807, 2.05) is 17.7 Å². The summed E-state index contributed by atoms with van der Waals surface area (Å²) in [4.78, 5) is 4.41. The number of benzene rings is 1. The van der Waals surface area contributed by atoms with Crippen molar-refractivity contribution in [2.24, 2.45) is 5.92 Å². The number of halogens is 1. The van der Waals surface area contributed by atoms with E-state index in [0.29, 0.717) is 19.0 Å². The van der Waals surface area contributed by atoms with Crippen molar-refractivity contribution in [3.8, 4) is 11.4 Å². The van der Waals surface area contributed by atoms with Crippen molar-refractivity contribution in [2.75, 3.05) is 33.1 Å². The summed E-state index contributed by atoms with van der Waals surface area (Å²) >= 11 is 0. The van der Waals surface area contributed by atoms with Crippen LogP contribution in [0.5, 0.6) is 0 Å². The molecule has 0 saturated carbocycles. The third-order valence-electron chi connectivity index (χ3n) is 4.60. The molecular weight excluding hydrogens is 345 g/mol. The molecule has 25 heavy (non-hydrogen) atoms. The Bertz CT molecular complexity index is 864. The van der Waals surface area contributed by atoms with Crippen molar-refractivity contribution in [3.63, 3.8) is 0 Å². The minimum absolute atomic E-state index is 0.0185. The van der Waals surface area contributed by atoms with Crippen LogP contribution in [-0.4, -0.2) is 55.3 Å². The molecule has 0 unspecified atom stereocenters. The number of aryl methyl sites for hydroxylation is 1. The molecule has 1 saturated heterocycles. The van der Waals surface area contributed by atoms with Crippen molar-refractivity contribution in [3.05, 3.63) is 42.0 Å². The van der Waals surface area contributed by atoms with Gasteiger partial charge < -0.3 is 9.30 Å². The average Bonchev–Trinajstić information content (AvgIpc) is 3.15. The maximum absolute atomic E-state index is 13.4. The zero-order valence-electron chi connectivity index (χ0n) is 14.5. The molecule has 0 amide bonds. The van der Waals surface area contributed by atoms with Crippen LogP contribution in [0.25, 0.3) is 11.4 Å². The number of rotatable bonds is 5. The summed E-state index contributed by atoms with van der Waals surface area (Å²) < 4.78 is 46.7. The fourth-order valence-corrected chi connectivity index (χ4v) is 4.30. The highest BCUT2D eigenvalue weighted by Gasteiger charge is 2.35. The van der Waals surface area contributed by atoms with E-state index in [1.54, 1.807) is 12.3 Å². The van der Waals surface area contributed by atoms with Gasteiger partial charge in [-0.25, -0.2) is 22.1 Å². The van der Waals surface area contributed by atoms with Gasteiger partial charge in [0.25, 0.3) is 0 Å². The van der Waals surface area contributed by atoms with Gasteiger partial charge in [0.15, 0.2) is 0 Å². The molecule has 6 nitrogen and oxygen atoms in total. The third kappa shape index (κ3) is 3.61. The van der Waals surface area contributed by atoms with Crippen LogP contribution in [0.1, 0.15) is 11.6 Å². The van der Waals surface area contributed by atoms with Gasteiger partial charge in [-0.05, 0) is 30.7 Å². The molecule has 2 aromatic rings. The maximum atomic E-state index is 13.4. The monoisotopic (exact) mass is 367 g/mol. The van der Waals surface area contributed by atoms with Crippen molar-refractivity contribution >= 4 is 10.0 Å². The van der Waals surface area contributed by atoms with Gasteiger partial charge >= 0.3 is 0 Å². The first kappa shape index (κ1) is 18.0. The average molecular weight is 367 g/mol. The van der Waals surface area contributed by atoms with E-state index in [0.717, 1.165) is 11.1 Å². The lowest BCUT2D eigenvalue weighted by Gasteiger charge is -2.23. The van der Waals surface area contributed by atoms with Crippen LogP contribution in [0.15, 0.2) is 30.6 Å². The first-order valence-electron chi connectivity index (χ1n) is 8.07. The Balaban J connectivity index is 1.93. The Morgan fingerprint density at radius 1 is 1.36 bits per heavy atom. The zero-order chi connectivity index (χ0) is 18.2. The molecule has 1 aliphatic heterocycles. The third-order valence-corrected chi connectivity index (χ3v) is 6.56. The summed E-state index contributed by atoms with van der Waals surface area (Å²) in [6.45, 7) is 2.64. The van der Waals surface area contributed by atoms with Crippen LogP contribution < -0.4 is 0 Å². The highest BCUT2D eigenvalue weighted by Crippen LogP contribution is 2.32. The Labute approximate surface area is 147 Å². The van der Waals surface area contributed by atoms with Gasteiger partial charge in [-0.2, -0.15) is 0 Å². The number of aromatic nitrogens is 2. The topological polar surface area (TPSA) is 64.4 Å². The van der Waals surface area contributed by atoms with E-state index in [9.17, 15) is 12.8 Å². The highest BCUT2D eigenvalue weighted by molar-refractivity contribution is 7.89. The number of hydrogen-bond acceptors (Lipinski definition) is 4. The maximum Gasteiger partial charge on any atom is 0.214 e. The Morgan fingerprint density at radius 2 is 2.12 bits per heavy atom. The van der Waals surface area contributed by atoms with Gasteiger partial charge in [0.2, 0.25) is 10.0 Å². The molecule has 3 rings (SSSR count). The number of sulfonamides is 1. The standard InChI is InChI=1S/C17H22FN3O3S/c1-12-8-14(18)4-5-15(12)17-19-6-7-21(17)16-10-24-9-13(16)11-25(22,23)20(2)3/h4-8,13,16H,9-11H2,1-3H3/t13-,16+/m0/s1. The molecule has 1 aromatic carbocycles. The normalized spacial score (nSPS) is 21.2. The molecule has 8 heteroatoms. The molecule has 1 aliphatic rings. The van der Waals surface area contributed by atoms with Gasteiger partial charge in [-0.15, -0.1) is 0 Å². The number of ether oxygens (including phenoxy) is 1. The molecule has 1 aromatic heterocycles. The number of hydrogen-bond donors (Lipinski definition) is 0. The lowest BCUT2D eigenvalue weighted by molar-refractivity contribution is 0.182. The van der Waals surface area contributed by atoms with E-state index < -0.39 is 10.0 Å². The molecule has 0 bridgehead atoms. The molecule has 2 atom stereocenters. The fraction of sp³-hybridized carbons (Fsp3) is 0.471. The predicted molar refractivity (Wildman–Crippen MR) is 93.2 cm³/mol. The molecule has 136 valence electrons. The van der Waals surface area contributed by atoms with E-state index in [-0.39, 0.29) is 23.5 Å². The van der Waals surface area contributed by atoms with Crippen LogP contribution in [0.2, 0.25) is 0 Å². The van der Waals surface area contributed by atoms with Gasteiger partial charge in [0.1, 0.15) is 11.6 Å². The predicted octanol–water partition coefficient (Wildman–Crippen LogP) is 2.08. The Kier molecular flexibility index (Phi) is 4.95. The molecule has 0 aliphatic carbocycles. The molecule has 2 heterocycles. The summed E-state index contributed by atoms with van der Waals surface area (Å²) in [7, 11) is -0.262. The lowest BCUT2D eigenvalue weighted by Crippen LogP contribution is -2.32. The van der Waals surface area contributed by atoms with Crippen LogP contribution >= 0.6 is 0 Å². The number of nitrogens with zero attached hydrogens (tertiary/aromatic N) is 3. The Morgan fingerprint density at radius 3 is 2.80 bits per heavy atom. The lowest BCUT2D eigenvalue weighted by atomic mass is 10.0. The second-order valence-electron chi connectivity index (χ2n) is 6.54. The number of imidazole rings is 1. The molecule has 0 N–H and O–H groups in total. The smallest absolute Gasteiger partial charge is 0.214 e. The van der Waals surface area contributed by atoms with Crippen LogP contribution in [0.4, 0.5) is 4.39 Å². The second kappa shape index (κ2) is 6.86. The summed E-state index contributed by atoms with van der Waals surface area (Å²) in [5.41, 5.74) is 1.61. The van der Waals surface area contributed by atoms with Crippen molar-refractivity contribution in [2.45, 2.75) is 13.0 Å². The fourth-order valence-electron chi connectivity index (χ4n) is 3.14. The van der Waals surface area contributed by atoms with E-state index in [4.69, 9.17) is 4.74 Å². The highest BCUT2D eigenvalue weighted by atomic mass is 32.2. The minimum Gasteiger partial charge on any atom is -0.379 e. The first-order chi connectivity index (χ1) is 11.8. The summed E-state index contributed by atoms with van der Waals surface area (Å²) in [6, 6.07) is 4.44. The second-order valence-corrected chi connectivity index (χ2v) is 8.77. The molecule has 0 spiro atoms. The van der Waals surface area contributed by atoms with Crippen molar-refractivity contribution in [1.29, 1.82) is 0 Å². The van der Waals surface area contributed by atoms with Crippen LogP contribution in [0.3, 0.4) is 0 Å². The van der Waals surface area contributed by atoms with E-state index in [2.05, 4.69) is 4.98 Å². The summed E-state index contributed by atoms with van der Waals surface area (Å²) in [6.07, 6.45) is 3.50. The van der Waals surface area contributed by atoms with Crippen LogP contribution in [0, 0.1) is 18.7 Å².